The Labute approximate surface area is 71.0 Å². The lowest BCUT2D eigenvalue weighted by molar-refractivity contribution is 0.0706. The molecule has 0 amide bonds. The van der Waals surface area contributed by atoms with Crippen molar-refractivity contribution >= 4 is 6.29 Å². The third-order valence-electron chi connectivity index (χ3n) is 1.54. The van der Waals surface area contributed by atoms with Gasteiger partial charge >= 0.3 is 0 Å². The number of imidazole rings is 1. The summed E-state index contributed by atoms with van der Waals surface area (Å²) >= 11 is 0. The molecule has 0 aliphatic carbocycles. The van der Waals surface area contributed by atoms with Gasteiger partial charge in [0.05, 0.1) is 11.9 Å². The number of aromatic amines is 1. The first kappa shape index (κ1) is 8.93. The van der Waals surface area contributed by atoms with E-state index in [0.717, 1.165) is 6.29 Å². The molecule has 1 aromatic rings. The highest BCUT2D eigenvalue weighted by Gasteiger charge is 2.08. The van der Waals surface area contributed by atoms with Gasteiger partial charge in [0.25, 0.3) is 0 Å². The molecule has 0 radical (unpaired) electrons. The number of carbonyl (C=O) groups is 1. The molecule has 1 heterocycles. The molecule has 0 spiro atoms. The molecule has 1 aromatic heterocycles. The number of aldehydes is 1. The van der Waals surface area contributed by atoms with Gasteiger partial charge in [0.2, 0.25) is 0 Å². The SMILES string of the molecule is CCOC(C)c1ncc(C=O)[nH]1. The molecule has 0 aliphatic rings. The van der Waals surface area contributed by atoms with Gasteiger partial charge in [0.15, 0.2) is 6.29 Å². The average molecular weight is 168 g/mol. The lowest BCUT2D eigenvalue weighted by Crippen LogP contribution is -2.01. The van der Waals surface area contributed by atoms with E-state index in [2.05, 4.69) is 9.97 Å². The fraction of sp³-hybridized carbons (Fsp3) is 0.500. The summed E-state index contributed by atoms with van der Waals surface area (Å²) in [6.07, 6.45) is 2.15. The summed E-state index contributed by atoms with van der Waals surface area (Å²) < 4.78 is 5.28. The minimum atomic E-state index is -0.0799. The predicted octanol–water partition coefficient (Wildman–Crippen LogP) is 1.32. The summed E-state index contributed by atoms with van der Waals surface area (Å²) in [6.45, 7) is 4.44. The number of rotatable bonds is 4. The van der Waals surface area contributed by atoms with Crippen molar-refractivity contribution in [3.63, 3.8) is 0 Å². The van der Waals surface area contributed by atoms with Crippen molar-refractivity contribution < 1.29 is 9.53 Å². The molecular weight excluding hydrogens is 156 g/mol. The van der Waals surface area contributed by atoms with E-state index in [-0.39, 0.29) is 6.10 Å². The van der Waals surface area contributed by atoms with E-state index in [1.165, 1.54) is 6.20 Å². The highest BCUT2D eigenvalue weighted by molar-refractivity contribution is 5.71. The molecule has 1 rings (SSSR count). The summed E-state index contributed by atoms with van der Waals surface area (Å²) in [6, 6.07) is 0. The third-order valence-corrected chi connectivity index (χ3v) is 1.54. The minimum Gasteiger partial charge on any atom is -0.371 e. The summed E-state index contributed by atoms with van der Waals surface area (Å²) in [4.78, 5) is 17.1. The van der Waals surface area contributed by atoms with Crippen LogP contribution in [0.4, 0.5) is 0 Å². The smallest absolute Gasteiger partial charge is 0.167 e. The molecule has 0 fully saturated rings. The lowest BCUT2D eigenvalue weighted by Gasteiger charge is -2.06. The summed E-state index contributed by atoms with van der Waals surface area (Å²) in [7, 11) is 0. The molecule has 66 valence electrons. The largest absolute Gasteiger partial charge is 0.371 e. The number of H-pyrrole nitrogens is 1. The quantitative estimate of drug-likeness (QED) is 0.690. The second-order valence-electron chi connectivity index (χ2n) is 2.44. The average Bonchev–Trinajstić information content (AvgIpc) is 2.52. The van der Waals surface area contributed by atoms with Crippen molar-refractivity contribution in [2.24, 2.45) is 0 Å². The zero-order valence-corrected chi connectivity index (χ0v) is 7.20. The van der Waals surface area contributed by atoms with Crippen LogP contribution in [0.25, 0.3) is 0 Å². The van der Waals surface area contributed by atoms with Crippen LogP contribution in [-0.4, -0.2) is 22.9 Å². The predicted molar refractivity (Wildman–Crippen MR) is 44.0 cm³/mol. The van der Waals surface area contributed by atoms with Crippen LogP contribution in [0.5, 0.6) is 0 Å². The first-order valence-electron chi connectivity index (χ1n) is 3.89. The van der Waals surface area contributed by atoms with Gasteiger partial charge in [0.1, 0.15) is 11.9 Å². The number of hydrogen-bond donors (Lipinski definition) is 1. The van der Waals surface area contributed by atoms with Crippen molar-refractivity contribution in [2.45, 2.75) is 20.0 Å². The molecule has 1 atom stereocenters. The molecule has 0 bridgehead atoms. The van der Waals surface area contributed by atoms with Crippen LogP contribution in [0.3, 0.4) is 0 Å². The van der Waals surface area contributed by atoms with Crippen molar-refractivity contribution in [3.05, 3.63) is 17.7 Å². The monoisotopic (exact) mass is 168 g/mol. The summed E-state index contributed by atoms with van der Waals surface area (Å²) in [5.74, 6) is 0.693. The van der Waals surface area contributed by atoms with Crippen LogP contribution >= 0.6 is 0 Å². The highest BCUT2D eigenvalue weighted by atomic mass is 16.5. The number of nitrogens with one attached hydrogen (secondary N) is 1. The van der Waals surface area contributed by atoms with Crippen LogP contribution < -0.4 is 0 Å². The van der Waals surface area contributed by atoms with E-state index < -0.39 is 0 Å². The Morgan fingerprint density at radius 3 is 3.08 bits per heavy atom. The van der Waals surface area contributed by atoms with Crippen LogP contribution in [0.15, 0.2) is 6.20 Å². The van der Waals surface area contributed by atoms with Gasteiger partial charge in [-0.2, -0.15) is 0 Å². The van der Waals surface area contributed by atoms with Crippen molar-refractivity contribution in [1.29, 1.82) is 0 Å². The van der Waals surface area contributed by atoms with Gasteiger partial charge < -0.3 is 9.72 Å². The molecule has 1 N–H and O–H groups in total. The Kier molecular flexibility index (Phi) is 2.99. The summed E-state index contributed by atoms with van der Waals surface area (Å²) in [5, 5.41) is 0. The lowest BCUT2D eigenvalue weighted by atomic mass is 10.4. The molecule has 4 nitrogen and oxygen atoms in total. The van der Waals surface area contributed by atoms with Crippen LogP contribution in [0.1, 0.15) is 36.3 Å². The fourth-order valence-corrected chi connectivity index (χ4v) is 0.947. The van der Waals surface area contributed by atoms with E-state index in [1.807, 2.05) is 13.8 Å². The normalized spacial score (nSPS) is 12.8. The number of hydrogen-bond acceptors (Lipinski definition) is 3. The maximum Gasteiger partial charge on any atom is 0.167 e. The first-order chi connectivity index (χ1) is 5.77. The maximum absolute atomic E-state index is 10.3. The van der Waals surface area contributed by atoms with Gasteiger partial charge in [-0.05, 0) is 13.8 Å². The van der Waals surface area contributed by atoms with Gasteiger partial charge in [-0.25, -0.2) is 4.98 Å². The maximum atomic E-state index is 10.3. The van der Waals surface area contributed by atoms with E-state index in [9.17, 15) is 4.79 Å². The van der Waals surface area contributed by atoms with Crippen LogP contribution in [-0.2, 0) is 4.74 Å². The van der Waals surface area contributed by atoms with Crippen LogP contribution in [0, 0.1) is 0 Å². The van der Waals surface area contributed by atoms with Crippen molar-refractivity contribution in [2.75, 3.05) is 6.61 Å². The van der Waals surface area contributed by atoms with E-state index >= 15 is 0 Å². The zero-order chi connectivity index (χ0) is 8.97. The Balaban J connectivity index is 2.67. The third kappa shape index (κ3) is 1.92. The van der Waals surface area contributed by atoms with Gasteiger partial charge in [-0.3, -0.25) is 4.79 Å². The molecular formula is C8H12N2O2. The van der Waals surface area contributed by atoms with E-state index in [4.69, 9.17) is 4.74 Å². The molecule has 1 unspecified atom stereocenters. The van der Waals surface area contributed by atoms with Gasteiger partial charge in [0, 0.05) is 6.61 Å². The van der Waals surface area contributed by atoms with Crippen molar-refractivity contribution in [3.8, 4) is 0 Å². The molecule has 0 saturated heterocycles. The zero-order valence-electron chi connectivity index (χ0n) is 7.20. The Bertz CT molecular complexity index is 257. The van der Waals surface area contributed by atoms with Crippen molar-refractivity contribution in [1.82, 2.24) is 9.97 Å². The second-order valence-corrected chi connectivity index (χ2v) is 2.44. The Morgan fingerprint density at radius 1 is 1.83 bits per heavy atom. The number of nitrogens with zero attached hydrogens (tertiary/aromatic N) is 1. The van der Waals surface area contributed by atoms with E-state index in [1.54, 1.807) is 0 Å². The fourth-order valence-electron chi connectivity index (χ4n) is 0.947. The molecule has 0 aromatic carbocycles. The van der Waals surface area contributed by atoms with E-state index in [0.29, 0.717) is 18.1 Å². The van der Waals surface area contributed by atoms with Crippen LogP contribution in [0.2, 0.25) is 0 Å². The molecule has 12 heavy (non-hydrogen) atoms. The Morgan fingerprint density at radius 2 is 2.58 bits per heavy atom. The first-order valence-corrected chi connectivity index (χ1v) is 3.89. The Hall–Kier alpha value is -1.16. The summed E-state index contributed by atoms with van der Waals surface area (Å²) in [5.41, 5.74) is 0.483. The topological polar surface area (TPSA) is 55.0 Å². The van der Waals surface area contributed by atoms with Gasteiger partial charge in [-0.15, -0.1) is 0 Å². The number of carbonyl (C=O) groups excluding carboxylic acids is 1. The molecule has 0 aliphatic heterocycles. The molecule has 0 saturated carbocycles. The minimum absolute atomic E-state index is 0.0799. The second kappa shape index (κ2) is 4.01. The number of aromatic nitrogens is 2. The highest BCUT2D eigenvalue weighted by Crippen LogP contribution is 2.11. The molecule has 4 heteroatoms. The van der Waals surface area contributed by atoms with Gasteiger partial charge in [-0.1, -0.05) is 0 Å². The number of ether oxygens (including phenoxy) is 1. The standard InChI is InChI=1S/C8H12N2O2/c1-3-12-6(2)8-9-4-7(5-11)10-8/h4-6H,3H2,1-2H3,(H,9,10).